The van der Waals surface area contributed by atoms with E-state index in [1.807, 2.05) is 36.4 Å². The number of benzene rings is 2. The summed E-state index contributed by atoms with van der Waals surface area (Å²) in [4.78, 5) is 2.18. The largest absolute Gasteiger partial charge is 0.489 e. The van der Waals surface area contributed by atoms with Gasteiger partial charge >= 0.3 is 0 Å². The van der Waals surface area contributed by atoms with Crippen LogP contribution in [0.2, 0.25) is 0 Å². The monoisotopic (exact) mass is 270 g/mol. The molecule has 2 aromatic rings. The number of nitrogens with one attached hydrogen (secondary N) is 1. The van der Waals surface area contributed by atoms with Crippen LogP contribution < -0.4 is 15.0 Å². The Hall–Kier alpha value is -2.20. The SMILES string of the molecule is CN1c2ccccc2NC1COc1ccc(CO)cc1. The third-order valence-electron chi connectivity index (χ3n) is 3.59. The summed E-state index contributed by atoms with van der Waals surface area (Å²) in [7, 11) is 2.06. The van der Waals surface area contributed by atoms with Crippen LogP contribution in [0.25, 0.3) is 0 Å². The molecule has 1 aliphatic heterocycles. The van der Waals surface area contributed by atoms with Crippen molar-refractivity contribution in [2.75, 3.05) is 23.9 Å². The maximum Gasteiger partial charge on any atom is 0.134 e. The molecular formula is C16H18N2O2. The van der Waals surface area contributed by atoms with Crippen LogP contribution in [-0.4, -0.2) is 24.9 Å². The molecule has 1 atom stereocenters. The Morgan fingerprint density at radius 3 is 2.60 bits per heavy atom. The second kappa shape index (κ2) is 5.43. The first-order valence-corrected chi connectivity index (χ1v) is 6.69. The topological polar surface area (TPSA) is 44.7 Å². The quantitative estimate of drug-likeness (QED) is 0.895. The molecule has 0 saturated heterocycles. The first kappa shape index (κ1) is 12.8. The Morgan fingerprint density at radius 1 is 1.15 bits per heavy atom. The van der Waals surface area contributed by atoms with E-state index in [1.54, 1.807) is 0 Å². The van der Waals surface area contributed by atoms with Gasteiger partial charge in [-0.25, -0.2) is 0 Å². The van der Waals surface area contributed by atoms with E-state index in [4.69, 9.17) is 9.84 Å². The fraction of sp³-hybridized carbons (Fsp3) is 0.250. The number of rotatable bonds is 4. The highest BCUT2D eigenvalue weighted by Crippen LogP contribution is 2.32. The van der Waals surface area contributed by atoms with E-state index in [9.17, 15) is 0 Å². The molecule has 104 valence electrons. The summed E-state index contributed by atoms with van der Waals surface area (Å²) in [5.41, 5.74) is 3.22. The molecule has 0 fully saturated rings. The summed E-state index contributed by atoms with van der Waals surface area (Å²) in [6.45, 7) is 0.617. The van der Waals surface area contributed by atoms with Gasteiger partial charge in [0.05, 0.1) is 18.0 Å². The summed E-state index contributed by atoms with van der Waals surface area (Å²) in [6.07, 6.45) is 0.130. The number of fused-ring (bicyclic) bond motifs is 1. The molecule has 4 heteroatoms. The number of likely N-dealkylation sites (N-methyl/N-ethyl adjacent to an activating group) is 1. The molecule has 20 heavy (non-hydrogen) atoms. The standard InChI is InChI=1S/C16H18N2O2/c1-18-15-5-3-2-4-14(15)17-16(18)11-20-13-8-6-12(10-19)7-9-13/h2-9,16-17,19H,10-11H2,1H3. The van der Waals surface area contributed by atoms with Gasteiger partial charge in [-0.05, 0) is 29.8 Å². The highest BCUT2D eigenvalue weighted by molar-refractivity contribution is 5.75. The number of anilines is 2. The fourth-order valence-corrected chi connectivity index (χ4v) is 2.37. The second-order valence-corrected chi connectivity index (χ2v) is 4.90. The molecule has 0 saturated carbocycles. The number of nitrogens with zero attached hydrogens (tertiary/aromatic N) is 1. The minimum Gasteiger partial charge on any atom is -0.489 e. The van der Waals surface area contributed by atoms with E-state index in [0.717, 1.165) is 17.0 Å². The van der Waals surface area contributed by atoms with Gasteiger partial charge in [-0.1, -0.05) is 24.3 Å². The molecule has 0 aromatic heterocycles. The third-order valence-corrected chi connectivity index (χ3v) is 3.59. The van der Waals surface area contributed by atoms with E-state index >= 15 is 0 Å². The summed E-state index contributed by atoms with van der Waals surface area (Å²) >= 11 is 0. The number of hydrogen-bond acceptors (Lipinski definition) is 4. The zero-order valence-corrected chi connectivity index (χ0v) is 11.4. The number of aliphatic hydroxyl groups is 1. The van der Waals surface area contributed by atoms with Crippen LogP contribution in [0.3, 0.4) is 0 Å². The molecular weight excluding hydrogens is 252 g/mol. The number of ether oxygens (including phenoxy) is 1. The number of para-hydroxylation sites is 2. The Balaban J connectivity index is 1.62. The Kier molecular flexibility index (Phi) is 3.48. The Bertz CT molecular complexity index is 583. The normalized spacial score (nSPS) is 16.7. The van der Waals surface area contributed by atoms with Crippen molar-refractivity contribution in [3.63, 3.8) is 0 Å². The molecule has 1 heterocycles. The Morgan fingerprint density at radius 2 is 1.90 bits per heavy atom. The van der Waals surface area contributed by atoms with Crippen molar-refractivity contribution in [1.82, 2.24) is 0 Å². The average molecular weight is 270 g/mol. The van der Waals surface area contributed by atoms with Gasteiger partial charge in [0.15, 0.2) is 0 Å². The third kappa shape index (κ3) is 2.42. The molecule has 2 aromatic carbocycles. The lowest BCUT2D eigenvalue weighted by Gasteiger charge is -2.22. The number of hydrogen-bond donors (Lipinski definition) is 2. The van der Waals surface area contributed by atoms with Crippen molar-refractivity contribution in [2.45, 2.75) is 12.8 Å². The molecule has 2 N–H and O–H groups in total. The summed E-state index contributed by atoms with van der Waals surface area (Å²) < 4.78 is 5.81. The first-order chi connectivity index (χ1) is 9.78. The molecule has 3 rings (SSSR count). The summed E-state index contributed by atoms with van der Waals surface area (Å²) in [5.74, 6) is 0.813. The zero-order valence-electron chi connectivity index (χ0n) is 11.4. The van der Waals surface area contributed by atoms with E-state index in [-0.39, 0.29) is 12.8 Å². The van der Waals surface area contributed by atoms with Gasteiger partial charge < -0.3 is 20.1 Å². The van der Waals surface area contributed by atoms with Crippen molar-refractivity contribution < 1.29 is 9.84 Å². The van der Waals surface area contributed by atoms with Gasteiger partial charge in [0, 0.05) is 7.05 Å². The maximum absolute atomic E-state index is 9.01. The zero-order chi connectivity index (χ0) is 13.9. The molecule has 0 spiro atoms. The van der Waals surface area contributed by atoms with Gasteiger partial charge in [0.2, 0.25) is 0 Å². The van der Waals surface area contributed by atoms with Crippen LogP contribution in [0, 0.1) is 0 Å². The van der Waals surface area contributed by atoms with E-state index in [0.29, 0.717) is 6.61 Å². The van der Waals surface area contributed by atoms with Gasteiger partial charge in [0.25, 0.3) is 0 Å². The van der Waals surface area contributed by atoms with Crippen LogP contribution in [0.4, 0.5) is 11.4 Å². The van der Waals surface area contributed by atoms with Gasteiger partial charge in [-0.15, -0.1) is 0 Å². The second-order valence-electron chi connectivity index (χ2n) is 4.90. The smallest absolute Gasteiger partial charge is 0.134 e. The molecule has 1 aliphatic rings. The first-order valence-electron chi connectivity index (χ1n) is 6.69. The number of aliphatic hydroxyl groups excluding tert-OH is 1. The lowest BCUT2D eigenvalue weighted by molar-refractivity contribution is 0.280. The van der Waals surface area contributed by atoms with Gasteiger partial charge in [0.1, 0.15) is 18.5 Å². The minimum atomic E-state index is 0.0580. The molecule has 0 aliphatic carbocycles. The van der Waals surface area contributed by atoms with Crippen molar-refractivity contribution in [3.8, 4) is 5.75 Å². The highest BCUT2D eigenvalue weighted by atomic mass is 16.5. The van der Waals surface area contributed by atoms with Crippen LogP contribution in [-0.2, 0) is 6.61 Å². The van der Waals surface area contributed by atoms with Gasteiger partial charge in [-0.2, -0.15) is 0 Å². The highest BCUT2D eigenvalue weighted by Gasteiger charge is 2.25. The van der Waals surface area contributed by atoms with Crippen LogP contribution in [0.15, 0.2) is 48.5 Å². The van der Waals surface area contributed by atoms with Crippen molar-refractivity contribution in [1.29, 1.82) is 0 Å². The maximum atomic E-state index is 9.01. The molecule has 1 unspecified atom stereocenters. The van der Waals surface area contributed by atoms with Gasteiger partial charge in [-0.3, -0.25) is 0 Å². The van der Waals surface area contributed by atoms with Crippen LogP contribution in [0.5, 0.6) is 5.75 Å². The lowest BCUT2D eigenvalue weighted by Crippen LogP contribution is -2.37. The molecule has 0 bridgehead atoms. The Labute approximate surface area is 118 Å². The molecule has 0 radical (unpaired) electrons. The van der Waals surface area contributed by atoms with Crippen molar-refractivity contribution >= 4 is 11.4 Å². The lowest BCUT2D eigenvalue weighted by atomic mass is 10.2. The van der Waals surface area contributed by atoms with Crippen molar-refractivity contribution in [2.24, 2.45) is 0 Å². The molecule has 0 amide bonds. The summed E-state index contributed by atoms with van der Waals surface area (Å²) in [6, 6.07) is 15.7. The van der Waals surface area contributed by atoms with Crippen LogP contribution >= 0.6 is 0 Å². The fourth-order valence-electron chi connectivity index (χ4n) is 2.37. The predicted molar refractivity (Wildman–Crippen MR) is 80.1 cm³/mol. The minimum absolute atomic E-state index is 0.0580. The van der Waals surface area contributed by atoms with Crippen LogP contribution in [0.1, 0.15) is 5.56 Å². The van der Waals surface area contributed by atoms with E-state index < -0.39 is 0 Å². The average Bonchev–Trinajstić information content (AvgIpc) is 2.83. The van der Waals surface area contributed by atoms with Crippen molar-refractivity contribution in [3.05, 3.63) is 54.1 Å². The van der Waals surface area contributed by atoms with E-state index in [2.05, 4.69) is 29.4 Å². The van der Waals surface area contributed by atoms with E-state index in [1.165, 1.54) is 5.69 Å². The predicted octanol–water partition coefficient (Wildman–Crippen LogP) is 2.45. The molecule has 4 nitrogen and oxygen atoms in total. The summed E-state index contributed by atoms with van der Waals surface area (Å²) in [5, 5.41) is 12.4.